The van der Waals surface area contributed by atoms with Crippen LogP contribution in [0.1, 0.15) is 12.5 Å². The number of nitrogens with zero attached hydrogens (tertiary/aromatic N) is 1. The van der Waals surface area contributed by atoms with Crippen LogP contribution in [0.2, 0.25) is 5.02 Å². The fourth-order valence-electron chi connectivity index (χ4n) is 1.58. The first kappa shape index (κ1) is 12.9. The minimum Gasteiger partial charge on any atom is -0.455 e. The summed E-state index contributed by atoms with van der Waals surface area (Å²) in [5.41, 5.74) is 1.11. The van der Waals surface area contributed by atoms with E-state index in [1.54, 1.807) is 18.5 Å². The van der Waals surface area contributed by atoms with Crippen LogP contribution in [0.5, 0.6) is 11.5 Å². The highest BCUT2D eigenvalue weighted by molar-refractivity contribution is 6.30. The van der Waals surface area contributed by atoms with Gasteiger partial charge in [0.15, 0.2) is 0 Å². The number of hydrogen-bond donors (Lipinski definition) is 1. The van der Waals surface area contributed by atoms with Crippen LogP contribution >= 0.6 is 11.6 Å². The number of hydrogen-bond acceptors (Lipinski definition) is 3. The van der Waals surface area contributed by atoms with Crippen molar-refractivity contribution >= 4 is 11.6 Å². The summed E-state index contributed by atoms with van der Waals surface area (Å²) in [6.07, 6.45) is 3.23. The van der Waals surface area contributed by atoms with Crippen molar-refractivity contribution in [3.8, 4) is 11.5 Å². The van der Waals surface area contributed by atoms with Gasteiger partial charge in [-0.3, -0.25) is 4.98 Å². The van der Waals surface area contributed by atoms with Crippen LogP contribution in [-0.4, -0.2) is 11.5 Å². The molecule has 0 bridgehead atoms. The van der Waals surface area contributed by atoms with Crippen molar-refractivity contribution in [3.05, 3.63) is 53.3 Å². The zero-order valence-corrected chi connectivity index (χ0v) is 10.9. The summed E-state index contributed by atoms with van der Waals surface area (Å²) in [5, 5.41) is 3.85. The Kier molecular flexibility index (Phi) is 4.56. The largest absolute Gasteiger partial charge is 0.455 e. The van der Waals surface area contributed by atoms with Gasteiger partial charge in [0.1, 0.15) is 11.5 Å². The predicted molar refractivity (Wildman–Crippen MR) is 73.1 cm³/mol. The van der Waals surface area contributed by atoms with Gasteiger partial charge in [0, 0.05) is 24.4 Å². The highest BCUT2D eigenvalue weighted by atomic mass is 35.5. The summed E-state index contributed by atoms with van der Waals surface area (Å²) in [4.78, 5) is 4.00. The summed E-state index contributed by atoms with van der Waals surface area (Å²) in [6, 6.07) is 9.67. The number of aromatic nitrogens is 1. The molecule has 18 heavy (non-hydrogen) atoms. The molecule has 1 heterocycles. The molecule has 0 radical (unpaired) electrons. The lowest BCUT2D eigenvalue weighted by Gasteiger charge is -2.11. The Morgan fingerprint density at radius 2 is 2.11 bits per heavy atom. The number of benzene rings is 1. The fraction of sp³-hybridized carbons (Fsp3) is 0.214. The first-order chi connectivity index (χ1) is 8.79. The van der Waals surface area contributed by atoms with E-state index in [-0.39, 0.29) is 0 Å². The minimum atomic E-state index is 0.566. The Bertz CT molecular complexity index is 517. The van der Waals surface area contributed by atoms with E-state index in [0.717, 1.165) is 24.4 Å². The van der Waals surface area contributed by atoms with Crippen LogP contribution in [0.25, 0.3) is 0 Å². The monoisotopic (exact) mass is 262 g/mol. The fourth-order valence-corrected chi connectivity index (χ4v) is 1.75. The molecule has 94 valence electrons. The highest BCUT2D eigenvalue weighted by Gasteiger charge is 2.04. The number of nitrogens with one attached hydrogen (secondary N) is 1. The molecule has 0 fully saturated rings. The second kappa shape index (κ2) is 6.38. The third kappa shape index (κ3) is 3.45. The molecule has 0 saturated heterocycles. The van der Waals surface area contributed by atoms with E-state index in [0.29, 0.717) is 10.8 Å². The third-order valence-corrected chi connectivity index (χ3v) is 2.65. The van der Waals surface area contributed by atoms with Gasteiger partial charge in [0.05, 0.1) is 11.2 Å². The van der Waals surface area contributed by atoms with Crippen molar-refractivity contribution < 1.29 is 4.74 Å². The number of rotatable bonds is 5. The van der Waals surface area contributed by atoms with E-state index in [2.05, 4.69) is 17.2 Å². The maximum Gasteiger partial charge on any atom is 0.147 e. The van der Waals surface area contributed by atoms with E-state index >= 15 is 0 Å². The van der Waals surface area contributed by atoms with Gasteiger partial charge >= 0.3 is 0 Å². The predicted octanol–water partition coefficient (Wildman–Crippen LogP) is 3.64. The van der Waals surface area contributed by atoms with Crippen LogP contribution in [0.3, 0.4) is 0 Å². The molecule has 0 amide bonds. The van der Waals surface area contributed by atoms with Gasteiger partial charge in [-0.2, -0.15) is 0 Å². The third-order valence-electron chi connectivity index (χ3n) is 2.45. The average molecular weight is 263 g/mol. The molecule has 4 heteroatoms. The van der Waals surface area contributed by atoms with Gasteiger partial charge in [-0.05, 0) is 12.6 Å². The first-order valence-corrected chi connectivity index (χ1v) is 6.24. The van der Waals surface area contributed by atoms with Crippen molar-refractivity contribution in [3.63, 3.8) is 0 Å². The smallest absolute Gasteiger partial charge is 0.147 e. The summed E-state index contributed by atoms with van der Waals surface area (Å²) in [5.74, 6) is 1.47. The summed E-state index contributed by atoms with van der Waals surface area (Å²) in [7, 11) is 0. The SMILES string of the molecule is CCNCc1ccccc1Oc1cncc(Cl)c1. The maximum atomic E-state index is 5.88. The first-order valence-electron chi connectivity index (χ1n) is 5.86. The summed E-state index contributed by atoms with van der Waals surface area (Å²) in [6.45, 7) is 3.78. The number of halogens is 1. The second-order valence-corrected chi connectivity index (χ2v) is 4.27. The molecule has 0 spiro atoms. The van der Waals surface area contributed by atoms with E-state index in [1.807, 2.05) is 24.3 Å². The van der Waals surface area contributed by atoms with Crippen LogP contribution < -0.4 is 10.1 Å². The van der Waals surface area contributed by atoms with Gasteiger partial charge in [-0.25, -0.2) is 0 Å². The van der Waals surface area contributed by atoms with E-state index in [4.69, 9.17) is 16.3 Å². The van der Waals surface area contributed by atoms with Gasteiger partial charge in [-0.15, -0.1) is 0 Å². The van der Waals surface area contributed by atoms with Gasteiger partial charge < -0.3 is 10.1 Å². The van der Waals surface area contributed by atoms with Gasteiger partial charge in [-0.1, -0.05) is 36.7 Å². The van der Waals surface area contributed by atoms with Crippen LogP contribution in [-0.2, 0) is 6.54 Å². The molecule has 0 aliphatic heterocycles. The van der Waals surface area contributed by atoms with Crippen LogP contribution in [0.4, 0.5) is 0 Å². The van der Waals surface area contributed by atoms with Crippen LogP contribution in [0, 0.1) is 0 Å². The van der Waals surface area contributed by atoms with Crippen molar-refractivity contribution in [1.29, 1.82) is 0 Å². The van der Waals surface area contributed by atoms with E-state index in [1.165, 1.54) is 0 Å². The van der Waals surface area contributed by atoms with Crippen molar-refractivity contribution in [2.24, 2.45) is 0 Å². The molecule has 1 aromatic heterocycles. The molecular weight excluding hydrogens is 248 g/mol. The lowest BCUT2D eigenvalue weighted by atomic mass is 10.2. The molecule has 1 N–H and O–H groups in total. The van der Waals surface area contributed by atoms with E-state index < -0.39 is 0 Å². The molecule has 0 atom stereocenters. The number of ether oxygens (including phenoxy) is 1. The second-order valence-electron chi connectivity index (χ2n) is 3.83. The van der Waals surface area contributed by atoms with Crippen molar-refractivity contribution in [2.45, 2.75) is 13.5 Å². The molecule has 1 aromatic carbocycles. The quantitative estimate of drug-likeness (QED) is 0.893. The maximum absolute atomic E-state index is 5.88. The Morgan fingerprint density at radius 1 is 1.28 bits per heavy atom. The topological polar surface area (TPSA) is 34.1 Å². The lowest BCUT2D eigenvalue weighted by Crippen LogP contribution is -2.12. The Labute approximate surface area is 112 Å². The highest BCUT2D eigenvalue weighted by Crippen LogP contribution is 2.26. The van der Waals surface area contributed by atoms with Gasteiger partial charge in [0.2, 0.25) is 0 Å². The molecule has 2 aromatic rings. The molecule has 0 aliphatic carbocycles. The summed E-state index contributed by atoms with van der Waals surface area (Å²) < 4.78 is 5.80. The molecule has 2 rings (SSSR count). The van der Waals surface area contributed by atoms with Crippen molar-refractivity contribution in [2.75, 3.05) is 6.54 Å². The molecule has 0 saturated carbocycles. The molecule has 3 nitrogen and oxygen atoms in total. The Balaban J connectivity index is 2.17. The molecule has 0 aliphatic rings. The van der Waals surface area contributed by atoms with Gasteiger partial charge in [0.25, 0.3) is 0 Å². The van der Waals surface area contributed by atoms with Crippen LogP contribution in [0.15, 0.2) is 42.7 Å². The minimum absolute atomic E-state index is 0.566. The zero-order chi connectivity index (χ0) is 12.8. The standard InChI is InChI=1S/C14H15ClN2O/c1-2-16-8-11-5-3-4-6-14(11)18-13-7-12(15)9-17-10-13/h3-7,9-10,16H,2,8H2,1H3. The Morgan fingerprint density at radius 3 is 2.89 bits per heavy atom. The Hall–Kier alpha value is -1.58. The molecule has 0 unspecified atom stereocenters. The number of pyridine rings is 1. The van der Waals surface area contributed by atoms with E-state index in [9.17, 15) is 0 Å². The average Bonchev–Trinajstić information content (AvgIpc) is 2.38. The summed E-state index contributed by atoms with van der Waals surface area (Å²) >= 11 is 5.88. The zero-order valence-electron chi connectivity index (χ0n) is 10.2. The number of para-hydroxylation sites is 1. The van der Waals surface area contributed by atoms with Crippen molar-refractivity contribution in [1.82, 2.24) is 10.3 Å². The normalized spacial score (nSPS) is 10.3. The lowest BCUT2D eigenvalue weighted by molar-refractivity contribution is 0.471. The molecular formula is C14H15ClN2O.